The van der Waals surface area contributed by atoms with Gasteiger partial charge in [-0.2, -0.15) is 13.4 Å². The number of methoxy groups -OCH3 is 1. The molecule has 2 aromatic rings. The van der Waals surface area contributed by atoms with E-state index in [0.29, 0.717) is 5.56 Å². The highest BCUT2D eigenvalue weighted by atomic mass is 35.5. The zero-order valence-corrected chi connectivity index (χ0v) is 19.0. The maximum Gasteiger partial charge on any atom is 0.339 e. The summed E-state index contributed by atoms with van der Waals surface area (Å²) in [7, 11) is -2.81. The summed E-state index contributed by atoms with van der Waals surface area (Å²) in [5, 5.41) is 2.60. The number of thioether (sulfide) groups is 1. The standard InChI is InChI=1S/C20H17ClN2O6S2/c1-11-4-6-14(7-5-11)31(26,27)29-18-15(21)8-13(9-16(18)28-3)10-17-19(25)23-20(30-17)22-12(2)24/h4-10H,1-3H3,(H,22,23,24,25)/b17-10+. The molecule has 0 saturated carbocycles. The van der Waals surface area contributed by atoms with E-state index >= 15 is 0 Å². The van der Waals surface area contributed by atoms with Crippen LogP contribution < -0.4 is 14.2 Å². The minimum absolute atomic E-state index is 0.0275. The van der Waals surface area contributed by atoms with Crippen LogP contribution >= 0.6 is 23.4 Å². The number of amides is 2. The summed E-state index contributed by atoms with van der Waals surface area (Å²) in [6.07, 6.45) is 1.50. The summed E-state index contributed by atoms with van der Waals surface area (Å²) in [6, 6.07) is 9.07. The molecule has 0 saturated heterocycles. The number of ether oxygens (including phenoxy) is 1. The molecular formula is C20H17ClN2O6S2. The van der Waals surface area contributed by atoms with E-state index in [1.165, 1.54) is 44.4 Å². The third kappa shape index (κ3) is 5.46. The molecule has 1 aliphatic heterocycles. The van der Waals surface area contributed by atoms with Crippen molar-refractivity contribution < 1.29 is 26.9 Å². The molecule has 1 heterocycles. The van der Waals surface area contributed by atoms with Crippen molar-refractivity contribution in [2.45, 2.75) is 18.7 Å². The molecule has 3 rings (SSSR count). The average molecular weight is 481 g/mol. The minimum atomic E-state index is -4.14. The number of benzene rings is 2. The summed E-state index contributed by atoms with van der Waals surface area (Å²) < 4.78 is 35.7. The van der Waals surface area contributed by atoms with Gasteiger partial charge in [-0.3, -0.25) is 9.59 Å². The summed E-state index contributed by atoms with van der Waals surface area (Å²) in [4.78, 5) is 27.2. The first-order valence-corrected chi connectivity index (χ1v) is 11.4. The third-order valence-corrected chi connectivity index (χ3v) is 6.37. The lowest BCUT2D eigenvalue weighted by Crippen LogP contribution is -2.23. The molecular weight excluding hydrogens is 464 g/mol. The van der Waals surface area contributed by atoms with Gasteiger partial charge in [-0.15, -0.1) is 0 Å². The van der Waals surface area contributed by atoms with Crippen LogP contribution in [0.5, 0.6) is 11.5 Å². The summed E-state index contributed by atoms with van der Waals surface area (Å²) in [5.74, 6) is -0.978. The minimum Gasteiger partial charge on any atom is -0.493 e. The van der Waals surface area contributed by atoms with E-state index < -0.39 is 16.0 Å². The van der Waals surface area contributed by atoms with Gasteiger partial charge >= 0.3 is 10.1 Å². The first-order chi connectivity index (χ1) is 14.6. The van der Waals surface area contributed by atoms with Crippen molar-refractivity contribution >= 4 is 56.5 Å². The van der Waals surface area contributed by atoms with Crippen molar-refractivity contribution in [3.63, 3.8) is 0 Å². The van der Waals surface area contributed by atoms with Crippen LogP contribution in [0.15, 0.2) is 51.2 Å². The highest BCUT2D eigenvalue weighted by Gasteiger charge is 2.25. The molecule has 0 atom stereocenters. The number of hydrogen-bond donors (Lipinski definition) is 1. The molecule has 1 N–H and O–H groups in total. The molecule has 0 unspecified atom stereocenters. The number of nitrogens with zero attached hydrogens (tertiary/aromatic N) is 1. The van der Waals surface area contributed by atoms with Crippen LogP contribution in [-0.2, 0) is 19.7 Å². The predicted octanol–water partition coefficient (Wildman–Crippen LogP) is 3.53. The Morgan fingerprint density at radius 1 is 1.23 bits per heavy atom. The van der Waals surface area contributed by atoms with Crippen molar-refractivity contribution in [3.8, 4) is 11.5 Å². The molecule has 11 heteroatoms. The molecule has 31 heavy (non-hydrogen) atoms. The second-order valence-corrected chi connectivity index (χ2v) is 9.38. The van der Waals surface area contributed by atoms with Gasteiger partial charge in [0.25, 0.3) is 5.91 Å². The first-order valence-electron chi connectivity index (χ1n) is 8.78. The normalized spacial score (nSPS) is 15.0. The topological polar surface area (TPSA) is 111 Å². The SMILES string of the molecule is COc1cc(/C=C2/SC(NC(C)=O)=NC2=O)cc(Cl)c1OS(=O)(=O)c1ccc(C)cc1. The van der Waals surface area contributed by atoms with Gasteiger partial charge in [0, 0.05) is 6.92 Å². The number of halogens is 1. The van der Waals surface area contributed by atoms with Crippen molar-refractivity contribution in [1.82, 2.24) is 5.32 Å². The number of aliphatic imine (C=N–C) groups is 1. The Balaban J connectivity index is 1.90. The monoisotopic (exact) mass is 480 g/mol. The number of aryl methyl sites for hydroxylation is 1. The summed E-state index contributed by atoms with van der Waals surface area (Å²) >= 11 is 7.27. The second-order valence-electron chi connectivity index (χ2n) is 6.40. The largest absolute Gasteiger partial charge is 0.493 e. The number of amidine groups is 1. The fourth-order valence-corrected chi connectivity index (χ4v) is 4.65. The van der Waals surface area contributed by atoms with Crippen LogP contribution in [0, 0.1) is 6.92 Å². The highest BCUT2D eigenvalue weighted by molar-refractivity contribution is 8.18. The van der Waals surface area contributed by atoms with Crippen LogP contribution in [0.2, 0.25) is 5.02 Å². The molecule has 162 valence electrons. The molecule has 0 aromatic heterocycles. The van der Waals surface area contributed by atoms with Gasteiger partial charge < -0.3 is 14.2 Å². The van der Waals surface area contributed by atoms with E-state index in [-0.39, 0.29) is 37.4 Å². The molecule has 0 fully saturated rings. The van der Waals surface area contributed by atoms with Gasteiger partial charge in [-0.1, -0.05) is 29.3 Å². The fraction of sp³-hybridized carbons (Fsp3) is 0.150. The summed E-state index contributed by atoms with van der Waals surface area (Å²) in [5.41, 5.74) is 1.36. The average Bonchev–Trinajstić information content (AvgIpc) is 3.02. The Kier molecular flexibility index (Phi) is 6.73. The smallest absolute Gasteiger partial charge is 0.339 e. The predicted molar refractivity (Wildman–Crippen MR) is 119 cm³/mol. The summed E-state index contributed by atoms with van der Waals surface area (Å²) in [6.45, 7) is 3.14. The Morgan fingerprint density at radius 3 is 2.52 bits per heavy atom. The van der Waals surface area contributed by atoms with Gasteiger partial charge in [-0.05, 0) is 54.6 Å². The quantitative estimate of drug-likeness (QED) is 0.514. The number of carbonyl (C=O) groups excluding carboxylic acids is 2. The lowest BCUT2D eigenvalue weighted by atomic mass is 10.2. The number of hydrogen-bond acceptors (Lipinski definition) is 7. The number of rotatable bonds is 5. The molecule has 2 aromatic carbocycles. The van der Waals surface area contributed by atoms with Crippen molar-refractivity contribution in [1.29, 1.82) is 0 Å². The Labute approximate surface area is 188 Å². The first kappa shape index (κ1) is 22.9. The lowest BCUT2D eigenvalue weighted by Gasteiger charge is -2.13. The van der Waals surface area contributed by atoms with E-state index in [1.807, 2.05) is 6.92 Å². The van der Waals surface area contributed by atoms with E-state index in [0.717, 1.165) is 17.3 Å². The van der Waals surface area contributed by atoms with Crippen LogP contribution in [0.3, 0.4) is 0 Å². The van der Waals surface area contributed by atoms with Crippen molar-refractivity contribution in [2.75, 3.05) is 7.11 Å². The van der Waals surface area contributed by atoms with Gasteiger partial charge in [0.05, 0.1) is 17.0 Å². The van der Waals surface area contributed by atoms with Crippen molar-refractivity contribution in [2.24, 2.45) is 4.99 Å². The van der Waals surface area contributed by atoms with Crippen LogP contribution in [0.1, 0.15) is 18.1 Å². The lowest BCUT2D eigenvalue weighted by molar-refractivity contribution is -0.117. The Hall–Kier alpha value is -2.82. The van der Waals surface area contributed by atoms with E-state index in [2.05, 4.69) is 10.3 Å². The zero-order valence-electron chi connectivity index (χ0n) is 16.6. The van der Waals surface area contributed by atoms with E-state index in [4.69, 9.17) is 20.5 Å². The third-order valence-electron chi connectivity index (χ3n) is 3.96. The van der Waals surface area contributed by atoms with Gasteiger partial charge in [0.15, 0.2) is 10.9 Å². The number of nitrogens with one attached hydrogen (secondary N) is 1. The fourth-order valence-electron chi connectivity index (χ4n) is 2.53. The second kappa shape index (κ2) is 9.13. The number of carbonyl (C=O) groups is 2. The van der Waals surface area contributed by atoms with Crippen LogP contribution in [-0.4, -0.2) is 32.5 Å². The van der Waals surface area contributed by atoms with E-state index in [9.17, 15) is 18.0 Å². The van der Waals surface area contributed by atoms with Gasteiger partial charge in [0.2, 0.25) is 11.7 Å². The van der Waals surface area contributed by atoms with Crippen LogP contribution in [0.25, 0.3) is 6.08 Å². The highest BCUT2D eigenvalue weighted by Crippen LogP contribution is 2.39. The van der Waals surface area contributed by atoms with Gasteiger partial charge in [-0.25, -0.2) is 0 Å². The van der Waals surface area contributed by atoms with Crippen LogP contribution in [0.4, 0.5) is 0 Å². The van der Waals surface area contributed by atoms with Gasteiger partial charge in [0.1, 0.15) is 4.90 Å². The molecule has 8 nitrogen and oxygen atoms in total. The molecule has 0 spiro atoms. The zero-order chi connectivity index (χ0) is 22.8. The maximum absolute atomic E-state index is 12.6. The van der Waals surface area contributed by atoms with E-state index in [1.54, 1.807) is 12.1 Å². The molecule has 0 bridgehead atoms. The van der Waals surface area contributed by atoms with Crippen molar-refractivity contribution in [3.05, 3.63) is 57.5 Å². The Morgan fingerprint density at radius 2 is 1.90 bits per heavy atom. The molecule has 2 amide bonds. The molecule has 0 aliphatic carbocycles. The Bertz CT molecular complexity index is 1220. The maximum atomic E-state index is 12.6. The molecule has 0 radical (unpaired) electrons. The molecule has 1 aliphatic rings.